The molecule has 1 aromatic carbocycles. The van der Waals surface area contributed by atoms with Crippen LogP contribution < -0.4 is 10.0 Å². The molecule has 8 heteroatoms. The van der Waals surface area contributed by atoms with Gasteiger partial charge in [0.15, 0.2) is 5.78 Å². The van der Waals surface area contributed by atoms with Gasteiger partial charge in [-0.3, -0.25) is 14.3 Å². The van der Waals surface area contributed by atoms with Crippen molar-refractivity contribution in [2.75, 3.05) is 11.0 Å². The first-order chi connectivity index (χ1) is 11.2. The number of aromatic amines is 1. The van der Waals surface area contributed by atoms with Crippen LogP contribution in [0, 0.1) is 0 Å². The van der Waals surface area contributed by atoms with Gasteiger partial charge >= 0.3 is 0 Å². The minimum Gasteiger partial charge on any atom is -0.356 e. The minimum atomic E-state index is -3.37. The van der Waals surface area contributed by atoms with Crippen molar-refractivity contribution in [2.45, 2.75) is 19.9 Å². The van der Waals surface area contributed by atoms with Crippen LogP contribution in [0.3, 0.4) is 0 Å². The number of hydrogen-bond acceptors (Lipinski definition) is 4. The number of amides is 1. The van der Waals surface area contributed by atoms with Gasteiger partial charge in [0.1, 0.15) is 5.69 Å². The third-order valence-electron chi connectivity index (χ3n) is 3.37. The Labute approximate surface area is 140 Å². The summed E-state index contributed by atoms with van der Waals surface area (Å²) in [6, 6.07) is 7.92. The Morgan fingerprint density at radius 1 is 1.21 bits per heavy atom. The Morgan fingerprint density at radius 2 is 1.92 bits per heavy atom. The van der Waals surface area contributed by atoms with Gasteiger partial charge in [-0.1, -0.05) is 12.1 Å². The average Bonchev–Trinajstić information content (AvgIpc) is 2.95. The van der Waals surface area contributed by atoms with Crippen LogP contribution in [0.5, 0.6) is 0 Å². The van der Waals surface area contributed by atoms with Crippen LogP contribution in [-0.2, 0) is 10.0 Å². The highest BCUT2D eigenvalue weighted by atomic mass is 32.2. The number of rotatable bonds is 6. The zero-order valence-electron chi connectivity index (χ0n) is 13.6. The molecule has 24 heavy (non-hydrogen) atoms. The van der Waals surface area contributed by atoms with Crippen molar-refractivity contribution in [3.8, 4) is 0 Å². The highest BCUT2D eigenvalue weighted by molar-refractivity contribution is 7.92. The average molecular weight is 349 g/mol. The van der Waals surface area contributed by atoms with E-state index in [2.05, 4.69) is 15.0 Å². The van der Waals surface area contributed by atoms with E-state index in [1.807, 2.05) is 0 Å². The first kappa shape index (κ1) is 17.7. The van der Waals surface area contributed by atoms with E-state index in [1.165, 1.54) is 19.2 Å². The van der Waals surface area contributed by atoms with Crippen LogP contribution in [0.25, 0.3) is 0 Å². The van der Waals surface area contributed by atoms with Gasteiger partial charge < -0.3 is 10.3 Å². The number of carbonyl (C=O) groups excluding carboxylic acids is 2. The van der Waals surface area contributed by atoms with Gasteiger partial charge in [0.25, 0.3) is 5.91 Å². The number of sulfonamides is 1. The van der Waals surface area contributed by atoms with Crippen molar-refractivity contribution in [1.29, 1.82) is 0 Å². The molecule has 0 aliphatic rings. The molecule has 0 bridgehead atoms. The Morgan fingerprint density at radius 3 is 2.50 bits per heavy atom. The molecular formula is C16H19N3O4S. The molecule has 0 saturated heterocycles. The summed E-state index contributed by atoms with van der Waals surface area (Å²) in [5, 5.41) is 2.80. The molecule has 0 aliphatic carbocycles. The third-order valence-corrected chi connectivity index (χ3v) is 3.98. The molecule has 2 aromatic rings. The number of aromatic nitrogens is 1. The second-order valence-corrected chi connectivity index (χ2v) is 7.30. The highest BCUT2D eigenvalue weighted by Crippen LogP contribution is 2.18. The number of H-pyrrole nitrogens is 1. The summed E-state index contributed by atoms with van der Waals surface area (Å²) in [6.45, 7) is 3.21. The predicted octanol–water partition coefficient (Wildman–Crippen LogP) is 2.08. The van der Waals surface area contributed by atoms with Crippen LogP contribution in [0.15, 0.2) is 36.5 Å². The zero-order valence-corrected chi connectivity index (χ0v) is 14.4. The first-order valence-electron chi connectivity index (χ1n) is 7.23. The van der Waals surface area contributed by atoms with Crippen molar-refractivity contribution < 1.29 is 18.0 Å². The number of Topliss-reactive ketones (excluding diaryl/α,β-unsaturated/α-hetero) is 1. The second kappa shape index (κ2) is 6.88. The third kappa shape index (κ3) is 4.69. The molecule has 2 rings (SSSR count). The van der Waals surface area contributed by atoms with Gasteiger partial charge in [0, 0.05) is 17.4 Å². The van der Waals surface area contributed by atoms with Crippen LogP contribution in [-0.4, -0.2) is 31.3 Å². The van der Waals surface area contributed by atoms with Crippen LogP contribution in [0.2, 0.25) is 0 Å². The van der Waals surface area contributed by atoms with Gasteiger partial charge in [-0.2, -0.15) is 0 Å². The summed E-state index contributed by atoms with van der Waals surface area (Å²) in [5.41, 5.74) is 1.90. The maximum Gasteiger partial charge on any atom is 0.268 e. The number of hydrogen-bond donors (Lipinski definition) is 3. The van der Waals surface area contributed by atoms with E-state index in [0.29, 0.717) is 11.3 Å². The Hall–Kier alpha value is -2.61. The molecule has 0 radical (unpaired) electrons. The summed E-state index contributed by atoms with van der Waals surface area (Å²) in [7, 11) is -3.37. The van der Waals surface area contributed by atoms with Gasteiger partial charge in [-0.25, -0.2) is 8.42 Å². The lowest BCUT2D eigenvalue weighted by Gasteiger charge is -2.15. The summed E-state index contributed by atoms with van der Waals surface area (Å²) >= 11 is 0. The number of nitrogens with one attached hydrogen (secondary N) is 3. The second-order valence-electron chi connectivity index (χ2n) is 5.55. The molecule has 7 nitrogen and oxygen atoms in total. The maximum absolute atomic E-state index is 12.2. The van der Waals surface area contributed by atoms with Gasteiger partial charge in [-0.05, 0) is 37.6 Å². The summed E-state index contributed by atoms with van der Waals surface area (Å²) in [5.74, 6) is -0.477. The van der Waals surface area contributed by atoms with E-state index in [9.17, 15) is 18.0 Å². The molecule has 1 atom stereocenters. The van der Waals surface area contributed by atoms with Crippen molar-refractivity contribution in [3.63, 3.8) is 0 Å². The van der Waals surface area contributed by atoms with E-state index >= 15 is 0 Å². The summed E-state index contributed by atoms with van der Waals surface area (Å²) < 4.78 is 25.0. The van der Waals surface area contributed by atoms with Crippen molar-refractivity contribution in [1.82, 2.24) is 10.3 Å². The molecule has 1 aromatic heterocycles. The number of anilines is 1. The van der Waals surface area contributed by atoms with Crippen molar-refractivity contribution >= 4 is 27.4 Å². The smallest absolute Gasteiger partial charge is 0.268 e. The van der Waals surface area contributed by atoms with Gasteiger partial charge in [0.2, 0.25) is 10.0 Å². The molecule has 0 saturated carbocycles. The van der Waals surface area contributed by atoms with E-state index in [1.54, 1.807) is 31.2 Å². The quantitative estimate of drug-likeness (QED) is 0.694. The Kier molecular flexibility index (Phi) is 5.08. The first-order valence-corrected chi connectivity index (χ1v) is 9.13. The molecule has 1 unspecified atom stereocenters. The molecule has 1 heterocycles. The fourth-order valence-electron chi connectivity index (χ4n) is 2.17. The van der Waals surface area contributed by atoms with Gasteiger partial charge in [0.05, 0.1) is 12.3 Å². The molecular weight excluding hydrogens is 330 g/mol. The fourth-order valence-corrected chi connectivity index (χ4v) is 2.73. The lowest BCUT2D eigenvalue weighted by Crippen LogP contribution is -2.27. The number of ketones is 1. The normalized spacial score (nSPS) is 12.5. The Balaban J connectivity index is 2.11. The summed E-state index contributed by atoms with van der Waals surface area (Å²) in [4.78, 5) is 26.2. The van der Waals surface area contributed by atoms with Crippen molar-refractivity contribution in [2.24, 2.45) is 0 Å². The molecule has 0 spiro atoms. The molecule has 0 aliphatic heterocycles. The monoisotopic (exact) mass is 349 g/mol. The molecule has 3 N–H and O–H groups in total. The largest absolute Gasteiger partial charge is 0.356 e. The maximum atomic E-state index is 12.2. The van der Waals surface area contributed by atoms with Crippen LogP contribution >= 0.6 is 0 Å². The molecule has 0 fully saturated rings. The zero-order chi connectivity index (χ0) is 17.9. The molecule has 1 amide bonds. The van der Waals surface area contributed by atoms with E-state index in [0.717, 1.165) is 11.8 Å². The molecule has 128 valence electrons. The van der Waals surface area contributed by atoms with Crippen molar-refractivity contribution in [3.05, 3.63) is 53.3 Å². The number of carbonyl (C=O) groups is 2. The van der Waals surface area contributed by atoms with Crippen LogP contribution in [0.1, 0.15) is 46.3 Å². The highest BCUT2D eigenvalue weighted by Gasteiger charge is 2.15. The number of benzene rings is 1. The minimum absolute atomic E-state index is 0.127. The van der Waals surface area contributed by atoms with Gasteiger partial charge in [-0.15, -0.1) is 0 Å². The lowest BCUT2D eigenvalue weighted by atomic mass is 10.1. The topological polar surface area (TPSA) is 108 Å². The SMILES string of the molecule is CC(=O)c1c[nH]c(C(=O)NC(C)c2cccc(NS(C)(=O)=O)c2)c1. The van der Waals surface area contributed by atoms with E-state index in [-0.39, 0.29) is 23.4 Å². The predicted molar refractivity (Wildman–Crippen MR) is 91.6 cm³/mol. The lowest BCUT2D eigenvalue weighted by molar-refractivity contribution is 0.0935. The standard InChI is InChI=1S/C16H19N3O4S/c1-10(12-5-4-6-14(7-12)19-24(3,22)23)18-16(21)15-8-13(9-17-15)11(2)20/h4-10,17,19H,1-3H3,(H,18,21). The summed E-state index contributed by atoms with van der Waals surface area (Å²) in [6.07, 6.45) is 2.56. The van der Waals surface area contributed by atoms with E-state index < -0.39 is 10.0 Å². The fraction of sp³-hybridized carbons (Fsp3) is 0.250. The van der Waals surface area contributed by atoms with Crippen LogP contribution in [0.4, 0.5) is 5.69 Å². The Bertz CT molecular complexity index is 871. The van der Waals surface area contributed by atoms with E-state index in [4.69, 9.17) is 0 Å².